The molecule has 26 heavy (non-hydrogen) atoms. The largest absolute Gasteiger partial charge is 0.484 e. The van der Waals surface area contributed by atoms with Crippen LogP contribution < -0.4 is 10.1 Å². The van der Waals surface area contributed by atoms with Crippen molar-refractivity contribution in [3.05, 3.63) is 64.2 Å². The predicted molar refractivity (Wildman–Crippen MR) is 107 cm³/mol. The molecule has 0 radical (unpaired) electrons. The van der Waals surface area contributed by atoms with Gasteiger partial charge >= 0.3 is 0 Å². The summed E-state index contributed by atoms with van der Waals surface area (Å²) in [6.45, 7) is 7.56. The van der Waals surface area contributed by atoms with Crippen molar-refractivity contribution < 1.29 is 9.53 Å². The number of amides is 1. The number of rotatable bonds is 8. The maximum atomic E-state index is 12.1. The lowest BCUT2D eigenvalue weighted by atomic mass is 10.1. The van der Waals surface area contributed by atoms with Gasteiger partial charge in [-0.1, -0.05) is 35.9 Å². The Balaban J connectivity index is 1.88. The van der Waals surface area contributed by atoms with E-state index >= 15 is 0 Å². The molecule has 0 aliphatic carbocycles. The molecule has 0 spiro atoms. The van der Waals surface area contributed by atoms with Crippen molar-refractivity contribution in [2.24, 2.45) is 0 Å². The van der Waals surface area contributed by atoms with Crippen molar-refractivity contribution in [2.45, 2.75) is 39.9 Å². The number of benzene rings is 2. The number of nitrogens with zero attached hydrogens (tertiary/aromatic N) is 1. The summed E-state index contributed by atoms with van der Waals surface area (Å²) in [5, 5.41) is 3.61. The summed E-state index contributed by atoms with van der Waals surface area (Å²) >= 11 is 5.99. The van der Waals surface area contributed by atoms with E-state index in [1.165, 1.54) is 5.56 Å². The van der Waals surface area contributed by atoms with Crippen LogP contribution in [0.15, 0.2) is 42.5 Å². The highest BCUT2D eigenvalue weighted by atomic mass is 35.5. The maximum Gasteiger partial charge on any atom is 0.258 e. The fourth-order valence-electron chi connectivity index (χ4n) is 2.44. The molecule has 0 unspecified atom stereocenters. The Bertz CT molecular complexity index is 747. The predicted octanol–water partition coefficient (Wildman–Crippen LogP) is 4.18. The number of ether oxygens (including phenoxy) is 1. The van der Waals surface area contributed by atoms with Crippen LogP contribution in [-0.4, -0.2) is 30.5 Å². The first-order chi connectivity index (χ1) is 12.4. The minimum Gasteiger partial charge on any atom is -0.484 e. The number of carbonyl (C=O) groups is 1. The Morgan fingerprint density at radius 3 is 2.54 bits per heavy atom. The minimum atomic E-state index is -0.148. The molecule has 1 N–H and O–H groups in total. The first kappa shape index (κ1) is 20.3. The second-order valence-electron chi connectivity index (χ2n) is 6.75. The number of halogens is 1. The van der Waals surface area contributed by atoms with Gasteiger partial charge in [0.2, 0.25) is 0 Å². The van der Waals surface area contributed by atoms with Crippen molar-refractivity contribution in [1.29, 1.82) is 0 Å². The van der Waals surface area contributed by atoms with E-state index in [1.54, 1.807) is 12.1 Å². The van der Waals surface area contributed by atoms with E-state index in [0.717, 1.165) is 17.7 Å². The van der Waals surface area contributed by atoms with Gasteiger partial charge in [0.1, 0.15) is 5.75 Å². The van der Waals surface area contributed by atoms with Crippen LogP contribution in [0.3, 0.4) is 0 Å². The van der Waals surface area contributed by atoms with Crippen LogP contribution in [0.25, 0.3) is 0 Å². The molecule has 0 aliphatic rings. The molecule has 0 bridgehead atoms. The molecule has 4 nitrogen and oxygen atoms in total. The standard InChI is InChI=1S/C21H27ClN2O2/c1-15(2)24(4)13-18-8-6-5-7-17(18)12-23-21(25)14-26-19-9-10-20(22)16(3)11-19/h5-11,15H,12-14H2,1-4H3,(H,23,25). The van der Waals surface area contributed by atoms with Gasteiger partial charge in [-0.3, -0.25) is 9.69 Å². The molecule has 140 valence electrons. The second-order valence-corrected chi connectivity index (χ2v) is 7.16. The minimum absolute atomic E-state index is 0.0187. The highest BCUT2D eigenvalue weighted by Gasteiger charge is 2.09. The molecular formula is C21H27ClN2O2. The van der Waals surface area contributed by atoms with Crippen LogP contribution in [0, 0.1) is 6.92 Å². The third kappa shape index (κ3) is 6.04. The monoisotopic (exact) mass is 374 g/mol. The smallest absolute Gasteiger partial charge is 0.258 e. The third-order valence-electron chi connectivity index (χ3n) is 4.40. The maximum absolute atomic E-state index is 12.1. The van der Waals surface area contributed by atoms with Gasteiger partial charge in [0.25, 0.3) is 5.91 Å². The second kappa shape index (κ2) is 9.60. The molecule has 2 rings (SSSR count). The summed E-state index contributed by atoms with van der Waals surface area (Å²) in [5.74, 6) is 0.491. The molecule has 0 aromatic heterocycles. The van der Waals surface area contributed by atoms with Crippen molar-refractivity contribution >= 4 is 17.5 Å². The molecule has 0 fully saturated rings. The van der Waals surface area contributed by atoms with Crippen molar-refractivity contribution in [1.82, 2.24) is 10.2 Å². The van der Waals surface area contributed by atoms with Crippen LogP contribution in [-0.2, 0) is 17.9 Å². The number of hydrogen-bond acceptors (Lipinski definition) is 3. The van der Waals surface area contributed by atoms with Crippen LogP contribution >= 0.6 is 11.6 Å². The molecule has 0 saturated heterocycles. The van der Waals surface area contributed by atoms with Crippen molar-refractivity contribution in [2.75, 3.05) is 13.7 Å². The molecular weight excluding hydrogens is 348 g/mol. The lowest BCUT2D eigenvalue weighted by Gasteiger charge is -2.22. The number of nitrogens with one attached hydrogen (secondary N) is 1. The molecule has 2 aromatic carbocycles. The molecule has 2 aromatic rings. The van der Waals surface area contributed by atoms with E-state index in [0.29, 0.717) is 23.4 Å². The summed E-state index contributed by atoms with van der Waals surface area (Å²) in [7, 11) is 2.10. The van der Waals surface area contributed by atoms with Crippen LogP contribution in [0.2, 0.25) is 5.02 Å². The van der Waals surface area contributed by atoms with Crippen LogP contribution in [0.5, 0.6) is 5.75 Å². The average Bonchev–Trinajstić information content (AvgIpc) is 2.61. The lowest BCUT2D eigenvalue weighted by Crippen LogP contribution is -2.30. The average molecular weight is 375 g/mol. The normalized spacial score (nSPS) is 11.0. The van der Waals surface area contributed by atoms with E-state index in [4.69, 9.17) is 16.3 Å². The zero-order chi connectivity index (χ0) is 19.1. The Morgan fingerprint density at radius 1 is 1.19 bits per heavy atom. The molecule has 0 saturated carbocycles. The van der Waals surface area contributed by atoms with E-state index in [9.17, 15) is 4.79 Å². The Hall–Kier alpha value is -2.04. The molecule has 1 amide bonds. The zero-order valence-corrected chi connectivity index (χ0v) is 16.6. The highest BCUT2D eigenvalue weighted by molar-refractivity contribution is 6.31. The molecule has 0 atom stereocenters. The Kier molecular flexibility index (Phi) is 7.49. The van der Waals surface area contributed by atoms with Gasteiger partial charge in [-0.15, -0.1) is 0 Å². The Labute approximate surface area is 161 Å². The van der Waals surface area contributed by atoms with Gasteiger partial charge in [0.15, 0.2) is 6.61 Å². The number of hydrogen-bond donors (Lipinski definition) is 1. The number of aryl methyl sites for hydroxylation is 1. The topological polar surface area (TPSA) is 41.6 Å². The van der Waals surface area contributed by atoms with Crippen molar-refractivity contribution in [3.63, 3.8) is 0 Å². The van der Waals surface area contributed by atoms with Gasteiger partial charge in [-0.2, -0.15) is 0 Å². The van der Waals surface area contributed by atoms with E-state index in [2.05, 4.69) is 37.2 Å². The highest BCUT2D eigenvalue weighted by Crippen LogP contribution is 2.21. The third-order valence-corrected chi connectivity index (χ3v) is 4.82. The molecule has 0 heterocycles. The fraction of sp³-hybridized carbons (Fsp3) is 0.381. The summed E-state index contributed by atoms with van der Waals surface area (Å²) in [4.78, 5) is 14.4. The lowest BCUT2D eigenvalue weighted by molar-refractivity contribution is -0.123. The summed E-state index contributed by atoms with van der Waals surface area (Å²) in [6.07, 6.45) is 0. The first-order valence-corrected chi connectivity index (χ1v) is 9.17. The SMILES string of the molecule is Cc1cc(OCC(=O)NCc2ccccc2CN(C)C(C)C)ccc1Cl. The Morgan fingerprint density at radius 2 is 1.88 bits per heavy atom. The van der Waals surface area contributed by atoms with E-state index in [-0.39, 0.29) is 12.5 Å². The fourth-order valence-corrected chi connectivity index (χ4v) is 2.55. The van der Waals surface area contributed by atoms with Gasteiger partial charge in [0, 0.05) is 24.2 Å². The number of carbonyl (C=O) groups excluding carboxylic acids is 1. The first-order valence-electron chi connectivity index (χ1n) is 8.79. The van der Waals surface area contributed by atoms with E-state index < -0.39 is 0 Å². The van der Waals surface area contributed by atoms with Crippen molar-refractivity contribution in [3.8, 4) is 5.75 Å². The summed E-state index contributed by atoms with van der Waals surface area (Å²) in [6, 6.07) is 14.0. The quantitative estimate of drug-likeness (QED) is 0.753. The molecule has 5 heteroatoms. The van der Waals surface area contributed by atoms with Gasteiger partial charge in [0.05, 0.1) is 0 Å². The van der Waals surface area contributed by atoms with Gasteiger partial charge in [-0.05, 0) is 62.7 Å². The van der Waals surface area contributed by atoms with Gasteiger partial charge in [-0.25, -0.2) is 0 Å². The summed E-state index contributed by atoms with van der Waals surface area (Å²) in [5.41, 5.74) is 3.27. The van der Waals surface area contributed by atoms with Gasteiger partial charge < -0.3 is 10.1 Å². The molecule has 0 aliphatic heterocycles. The van der Waals surface area contributed by atoms with E-state index in [1.807, 2.05) is 31.2 Å². The summed E-state index contributed by atoms with van der Waals surface area (Å²) < 4.78 is 5.54. The van der Waals surface area contributed by atoms with Crippen LogP contribution in [0.1, 0.15) is 30.5 Å². The van der Waals surface area contributed by atoms with Crippen LogP contribution in [0.4, 0.5) is 0 Å². The zero-order valence-electron chi connectivity index (χ0n) is 15.9.